The quantitative estimate of drug-likeness (QED) is 0.770. The highest BCUT2D eigenvalue weighted by Gasteiger charge is 2.12. The van der Waals surface area contributed by atoms with Gasteiger partial charge in [0.05, 0.1) is 12.2 Å². The lowest BCUT2D eigenvalue weighted by atomic mass is 10.0. The number of aromatic carboxylic acids is 1. The maximum atomic E-state index is 10.9. The fourth-order valence-corrected chi connectivity index (χ4v) is 1.33. The van der Waals surface area contributed by atoms with Crippen LogP contribution in [0.25, 0.3) is 5.76 Å². The normalized spacial score (nSPS) is 9.73. The molecule has 0 aromatic heterocycles. The van der Waals surface area contributed by atoms with Gasteiger partial charge >= 0.3 is 5.97 Å². The molecular weight excluding hydrogens is 192 g/mol. The van der Waals surface area contributed by atoms with Crippen molar-refractivity contribution in [1.82, 2.24) is 0 Å². The maximum absolute atomic E-state index is 10.9. The van der Waals surface area contributed by atoms with Crippen LogP contribution in [0.15, 0.2) is 24.8 Å². The predicted molar refractivity (Wildman–Crippen MR) is 58.8 cm³/mol. The fraction of sp³-hybridized carbons (Fsp3) is 0.250. The highest BCUT2D eigenvalue weighted by atomic mass is 16.5. The third-order valence-electron chi connectivity index (χ3n) is 2.02. The summed E-state index contributed by atoms with van der Waals surface area (Å²) >= 11 is 0. The Labute approximate surface area is 89.0 Å². The Morgan fingerprint density at radius 3 is 2.67 bits per heavy atom. The summed E-state index contributed by atoms with van der Waals surface area (Å²) in [7, 11) is 0. The van der Waals surface area contributed by atoms with Gasteiger partial charge in [-0.1, -0.05) is 18.2 Å². The molecule has 0 spiro atoms. The number of benzene rings is 1. The third-order valence-corrected chi connectivity index (χ3v) is 2.02. The van der Waals surface area contributed by atoms with E-state index in [1.54, 1.807) is 18.2 Å². The van der Waals surface area contributed by atoms with Gasteiger partial charge in [0.25, 0.3) is 0 Å². The Kier molecular flexibility index (Phi) is 3.50. The molecule has 0 aliphatic heterocycles. The highest BCUT2D eigenvalue weighted by Crippen LogP contribution is 2.20. The van der Waals surface area contributed by atoms with E-state index in [-0.39, 0.29) is 5.56 Å². The first-order valence-electron chi connectivity index (χ1n) is 4.72. The molecule has 0 aliphatic rings. The van der Waals surface area contributed by atoms with Crippen LogP contribution in [-0.4, -0.2) is 17.7 Å². The first-order chi connectivity index (χ1) is 7.06. The molecule has 0 saturated carbocycles. The van der Waals surface area contributed by atoms with Gasteiger partial charge in [-0.15, -0.1) is 0 Å². The topological polar surface area (TPSA) is 46.5 Å². The van der Waals surface area contributed by atoms with Gasteiger partial charge in [0.1, 0.15) is 5.76 Å². The summed E-state index contributed by atoms with van der Waals surface area (Å²) in [6.07, 6.45) is 0. The summed E-state index contributed by atoms with van der Waals surface area (Å²) in [4.78, 5) is 10.9. The summed E-state index contributed by atoms with van der Waals surface area (Å²) in [5.74, 6) is -0.565. The number of carboxylic acid groups (broad SMARTS) is 1. The molecule has 1 aromatic carbocycles. The molecule has 3 heteroatoms. The van der Waals surface area contributed by atoms with E-state index in [0.717, 1.165) is 5.56 Å². The van der Waals surface area contributed by atoms with Crippen molar-refractivity contribution in [2.24, 2.45) is 0 Å². The van der Waals surface area contributed by atoms with E-state index >= 15 is 0 Å². The minimum absolute atomic E-state index is 0.221. The van der Waals surface area contributed by atoms with Crippen molar-refractivity contribution in [2.75, 3.05) is 6.61 Å². The summed E-state index contributed by atoms with van der Waals surface area (Å²) in [6, 6.07) is 5.09. The molecule has 0 atom stereocenters. The number of rotatable bonds is 4. The van der Waals surface area contributed by atoms with Gasteiger partial charge in [0.2, 0.25) is 0 Å². The number of ether oxygens (including phenoxy) is 1. The Morgan fingerprint density at radius 2 is 2.13 bits per heavy atom. The minimum Gasteiger partial charge on any atom is -0.494 e. The molecular formula is C12H14O3. The van der Waals surface area contributed by atoms with Crippen LogP contribution in [0.3, 0.4) is 0 Å². The minimum atomic E-state index is -0.967. The van der Waals surface area contributed by atoms with Gasteiger partial charge in [-0.2, -0.15) is 0 Å². The Hall–Kier alpha value is -1.77. The van der Waals surface area contributed by atoms with Crippen LogP contribution >= 0.6 is 0 Å². The predicted octanol–water partition coefficient (Wildman–Crippen LogP) is 2.70. The van der Waals surface area contributed by atoms with Gasteiger partial charge in [-0.25, -0.2) is 4.79 Å². The standard InChI is InChI=1S/C12H14O3/c1-4-15-9(3)11-7-8(2)5-6-10(11)12(13)14/h5-7H,3-4H2,1-2H3,(H,13,14). The number of carbonyl (C=O) groups is 1. The van der Waals surface area contributed by atoms with E-state index in [1.807, 2.05) is 13.8 Å². The van der Waals surface area contributed by atoms with E-state index in [9.17, 15) is 4.79 Å². The van der Waals surface area contributed by atoms with Gasteiger partial charge in [-0.3, -0.25) is 0 Å². The van der Waals surface area contributed by atoms with E-state index in [4.69, 9.17) is 9.84 Å². The Morgan fingerprint density at radius 1 is 1.47 bits per heavy atom. The second-order valence-electron chi connectivity index (χ2n) is 3.21. The fourth-order valence-electron chi connectivity index (χ4n) is 1.33. The zero-order valence-electron chi connectivity index (χ0n) is 8.91. The Bertz CT molecular complexity index is 394. The average Bonchev–Trinajstić information content (AvgIpc) is 2.17. The van der Waals surface area contributed by atoms with E-state index in [0.29, 0.717) is 17.9 Å². The van der Waals surface area contributed by atoms with Crippen LogP contribution in [0.5, 0.6) is 0 Å². The van der Waals surface area contributed by atoms with Crippen molar-refractivity contribution in [1.29, 1.82) is 0 Å². The average molecular weight is 206 g/mol. The van der Waals surface area contributed by atoms with Gasteiger partial charge < -0.3 is 9.84 Å². The Balaban J connectivity index is 3.18. The maximum Gasteiger partial charge on any atom is 0.336 e. The molecule has 1 N–H and O–H groups in total. The second-order valence-corrected chi connectivity index (χ2v) is 3.21. The lowest BCUT2D eigenvalue weighted by Crippen LogP contribution is -2.03. The molecule has 0 bridgehead atoms. The van der Waals surface area contributed by atoms with Crippen LogP contribution in [0, 0.1) is 6.92 Å². The molecule has 0 fully saturated rings. The van der Waals surface area contributed by atoms with Gasteiger partial charge in [0.15, 0.2) is 0 Å². The largest absolute Gasteiger partial charge is 0.494 e. The van der Waals surface area contributed by atoms with Crippen molar-refractivity contribution in [3.05, 3.63) is 41.5 Å². The van der Waals surface area contributed by atoms with Crippen molar-refractivity contribution in [3.63, 3.8) is 0 Å². The van der Waals surface area contributed by atoms with Crippen molar-refractivity contribution < 1.29 is 14.6 Å². The summed E-state index contributed by atoms with van der Waals surface area (Å²) in [5.41, 5.74) is 1.75. The molecule has 3 nitrogen and oxygen atoms in total. The monoisotopic (exact) mass is 206 g/mol. The number of aryl methyl sites for hydroxylation is 1. The van der Waals surface area contributed by atoms with Crippen molar-refractivity contribution in [3.8, 4) is 0 Å². The summed E-state index contributed by atoms with van der Waals surface area (Å²) in [5, 5.41) is 8.98. The lowest BCUT2D eigenvalue weighted by Gasteiger charge is -2.10. The molecule has 0 aliphatic carbocycles. The summed E-state index contributed by atoms with van der Waals surface area (Å²) in [6.45, 7) is 7.92. The molecule has 1 rings (SSSR count). The zero-order valence-corrected chi connectivity index (χ0v) is 8.91. The molecule has 0 heterocycles. The van der Waals surface area contributed by atoms with Crippen molar-refractivity contribution in [2.45, 2.75) is 13.8 Å². The summed E-state index contributed by atoms with van der Waals surface area (Å²) < 4.78 is 5.22. The van der Waals surface area contributed by atoms with E-state index in [2.05, 4.69) is 6.58 Å². The van der Waals surface area contributed by atoms with Gasteiger partial charge in [0, 0.05) is 5.56 Å². The second kappa shape index (κ2) is 4.64. The van der Waals surface area contributed by atoms with Crippen molar-refractivity contribution >= 4 is 11.7 Å². The molecule has 1 aromatic rings. The van der Waals surface area contributed by atoms with Crippen LogP contribution in [-0.2, 0) is 4.74 Å². The molecule has 0 amide bonds. The number of hydrogen-bond acceptors (Lipinski definition) is 2. The van der Waals surface area contributed by atoms with E-state index < -0.39 is 5.97 Å². The molecule has 0 unspecified atom stereocenters. The first-order valence-corrected chi connectivity index (χ1v) is 4.72. The first kappa shape index (κ1) is 11.3. The molecule has 0 radical (unpaired) electrons. The SMILES string of the molecule is C=C(OCC)c1cc(C)ccc1C(=O)O. The number of carboxylic acids is 1. The molecule has 0 saturated heterocycles. The van der Waals surface area contributed by atoms with Crippen LogP contribution < -0.4 is 0 Å². The smallest absolute Gasteiger partial charge is 0.336 e. The third kappa shape index (κ3) is 2.59. The van der Waals surface area contributed by atoms with Crippen LogP contribution in [0.4, 0.5) is 0 Å². The molecule has 80 valence electrons. The molecule has 15 heavy (non-hydrogen) atoms. The van der Waals surface area contributed by atoms with Crippen LogP contribution in [0.2, 0.25) is 0 Å². The number of hydrogen-bond donors (Lipinski definition) is 1. The zero-order chi connectivity index (χ0) is 11.4. The van der Waals surface area contributed by atoms with E-state index in [1.165, 1.54) is 0 Å². The van der Waals surface area contributed by atoms with Crippen LogP contribution in [0.1, 0.15) is 28.4 Å². The lowest BCUT2D eigenvalue weighted by molar-refractivity contribution is 0.0696. The highest BCUT2D eigenvalue weighted by molar-refractivity contribution is 5.93. The van der Waals surface area contributed by atoms with Gasteiger partial charge in [-0.05, 0) is 26.0 Å².